The van der Waals surface area contributed by atoms with Crippen molar-refractivity contribution >= 4 is 69.6 Å². The Kier molecular flexibility index (Phi) is 6.07. The van der Waals surface area contributed by atoms with E-state index in [0.717, 1.165) is 38.6 Å². The molecule has 0 atom stereocenters. The van der Waals surface area contributed by atoms with E-state index in [0.29, 0.717) is 0 Å². The van der Waals surface area contributed by atoms with Gasteiger partial charge in [-0.25, -0.2) is 0 Å². The van der Waals surface area contributed by atoms with Gasteiger partial charge in [0.15, 0.2) is 0 Å². The molecule has 2 nitrogen and oxygen atoms in total. The van der Waals surface area contributed by atoms with Crippen molar-refractivity contribution in [3.8, 4) is 11.3 Å². The summed E-state index contributed by atoms with van der Waals surface area (Å²) in [6.45, 7) is 9.58. The lowest BCUT2D eigenvalue weighted by atomic mass is 10.0. The zero-order valence-electron chi connectivity index (χ0n) is 24.0. The summed E-state index contributed by atoms with van der Waals surface area (Å²) < 4.78 is 6.75. The molecule has 0 saturated heterocycles. The molecule has 2 heterocycles. The largest absolute Gasteiger partial charge is 0.455 e. The van der Waals surface area contributed by atoms with Crippen molar-refractivity contribution in [2.75, 3.05) is 0 Å². The van der Waals surface area contributed by atoms with Crippen LogP contribution in [-0.2, 0) is 0 Å². The van der Waals surface area contributed by atoms with E-state index in [-0.39, 0.29) is 0 Å². The van der Waals surface area contributed by atoms with E-state index in [1.54, 1.807) is 0 Å². The molecule has 0 fully saturated rings. The molecule has 7 aromatic rings. The number of benzene rings is 5. The van der Waals surface area contributed by atoms with Gasteiger partial charge in [0.1, 0.15) is 19.2 Å². The van der Waals surface area contributed by atoms with Crippen LogP contribution in [0.3, 0.4) is 0 Å². The quantitative estimate of drug-likeness (QED) is 0.161. The lowest BCUT2D eigenvalue weighted by molar-refractivity contribution is 0.673. The molecule has 0 aliphatic rings. The van der Waals surface area contributed by atoms with Crippen LogP contribution in [0.15, 0.2) is 132 Å². The van der Waals surface area contributed by atoms with Gasteiger partial charge in [0.05, 0.1) is 13.8 Å². The van der Waals surface area contributed by atoms with Crippen LogP contribution in [-0.4, -0.2) is 21.1 Å². The molecule has 0 bridgehead atoms. The Morgan fingerprint density at radius 1 is 0.512 bits per heavy atom. The van der Waals surface area contributed by atoms with Gasteiger partial charge in [-0.15, -0.1) is 0 Å². The van der Waals surface area contributed by atoms with E-state index < -0.39 is 16.1 Å². The Bertz CT molecular complexity index is 2000. The van der Waals surface area contributed by atoms with Crippen molar-refractivity contribution in [2.24, 2.45) is 0 Å². The Labute approximate surface area is 243 Å². The highest BCUT2D eigenvalue weighted by atomic mass is 28.3. The van der Waals surface area contributed by atoms with Crippen molar-refractivity contribution in [3.05, 3.63) is 128 Å². The summed E-state index contributed by atoms with van der Waals surface area (Å²) in [6.07, 6.45) is 1.95. The molecular weight excluding hydrogens is 531 g/mol. The molecule has 4 heteroatoms. The fraction of sp³-hybridized carbons (Fsp3) is 0.108. The van der Waals surface area contributed by atoms with Gasteiger partial charge in [0.2, 0.25) is 0 Å². The van der Waals surface area contributed by atoms with E-state index >= 15 is 0 Å². The first-order chi connectivity index (χ1) is 19.8. The third-order valence-electron chi connectivity index (χ3n) is 8.66. The number of pyridine rings is 1. The average Bonchev–Trinajstić information content (AvgIpc) is 3.40. The highest BCUT2D eigenvalue weighted by Gasteiger charge is 2.34. The van der Waals surface area contributed by atoms with Gasteiger partial charge in [-0.2, -0.15) is 0 Å². The van der Waals surface area contributed by atoms with Gasteiger partial charge in [0.25, 0.3) is 0 Å². The molecule has 0 radical (unpaired) electrons. The minimum atomic E-state index is -2.20. The summed E-state index contributed by atoms with van der Waals surface area (Å²) in [6, 6.07) is 44.4. The van der Waals surface area contributed by atoms with Crippen LogP contribution in [0.5, 0.6) is 0 Å². The Hall–Kier alpha value is -4.26. The zero-order valence-corrected chi connectivity index (χ0v) is 26.0. The summed E-state index contributed by atoms with van der Waals surface area (Å²) in [5, 5.41) is 10.3. The average molecular weight is 564 g/mol. The van der Waals surface area contributed by atoms with E-state index in [1.165, 1.54) is 26.1 Å². The molecule has 200 valence electrons. The maximum absolute atomic E-state index is 6.75. The minimum Gasteiger partial charge on any atom is -0.455 e. The highest BCUT2D eigenvalue weighted by Crippen LogP contribution is 2.38. The highest BCUT2D eigenvalue weighted by molar-refractivity contribution is 7.10. The third kappa shape index (κ3) is 4.26. The summed E-state index contributed by atoms with van der Waals surface area (Å²) in [5.74, 6) is 0. The number of fused-ring (bicyclic) bond motifs is 5. The number of hydrogen-bond acceptors (Lipinski definition) is 2. The SMILES string of the molecule is C[Si](C)(C)c1ccnc(-c2cccc3c2oc2c4ccc([Si](C)(c5ccccc5)c5ccccc5)cc4ccc32)c1. The second kappa shape index (κ2) is 9.69. The van der Waals surface area contributed by atoms with Crippen LogP contribution in [0.1, 0.15) is 0 Å². The number of rotatable bonds is 5. The molecule has 0 aliphatic carbocycles. The predicted molar refractivity (Wildman–Crippen MR) is 181 cm³/mol. The molecule has 0 aliphatic heterocycles. The molecular formula is C37H33NOSi2. The lowest BCUT2D eigenvalue weighted by Crippen LogP contribution is -2.64. The van der Waals surface area contributed by atoms with E-state index in [1.807, 2.05) is 6.20 Å². The second-order valence-electron chi connectivity index (χ2n) is 12.2. The number of aromatic nitrogens is 1. The minimum absolute atomic E-state index is 0.909. The van der Waals surface area contributed by atoms with Gasteiger partial charge in [-0.1, -0.05) is 128 Å². The van der Waals surface area contributed by atoms with Crippen LogP contribution < -0.4 is 20.7 Å². The maximum atomic E-state index is 6.75. The maximum Gasteiger partial charge on any atom is 0.145 e. The van der Waals surface area contributed by atoms with Crippen LogP contribution >= 0.6 is 0 Å². The van der Waals surface area contributed by atoms with Gasteiger partial charge < -0.3 is 4.42 Å². The number of furan rings is 1. The Morgan fingerprint density at radius 2 is 1.17 bits per heavy atom. The first-order valence-corrected chi connectivity index (χ1v) is 20.3. The zero-order chi connectivity index (χ0) is 28.2. The normalized spacial score (nSPS) is 12.4. The third-order valence-corrected chi connectivity index (χ3v) is 15.1. The molecule has 41 heavy (non-hydrogen) atoms. The van der Waals surface area contributed by atoms with E-state index in [4.69, 9.17) is 9.40 Å². The van der Waals surface area contributed by atoms with Crippen LogP contribution in [0.4, 0.5) is 0 Å². The molecule has 0 saturated carbocycles. The summed E-state index contributed by atoms with van der Waals surface area (Å²) >= 11 is 0. The van der Waals surface area contributed by atoms with Gasteiger partial charge in [-0.3, -0.25) is 4.98 Å². The molecule has 0 unspecified atom stereocenters. The van der Waals surface area contributed by atoms with E-state index in [2.05, 4.69) is 148 Å². The van der Waals surface area contributed by atoms with Crippen molar-refractivity contribution in [1.29, 1.82) is 0 Å². The monoisotopic (exact) mass is 563 g/mol. The van der Waals surface area contributed by atoms with Gasteiger partial charge in [0, 0.05) is 27.9 Å². The number of hydrogen-bond donors (Lipinski definition) is 0. The summed E-state index contributed by atoms with van der Waals surface area (Å²) in [7, 11) is -3.67. The van der Waals surface area contributed by atoms with Crippen molar-refractivity contribution in [3.63, 3.8) is 0 Å². The smallest absolute Gasteiger partial charge is 0.145 e. The van der Waals surface area contributed by atoms with Crippen LogP contribution in [0, 0.1) is 0 Å². The number of para-hydroxylation sites is 1. The lowest BCUT2D eigenvalue weighted by Gasteiger charge is -2.29. The standard InChI is InChI=1S/C37H33NOSi2/c1-40(2,3)29-22-23-38-35(25-29)34-17-11-16-32-33-20-18-26-24-30(19-21-31(26)36(33)39-37(32)34)41(4,27-12-7-5-8-13-27)28-14-9-6-10-15-28/h5-25H,1-4H3. The number of nitrogens with zero attached hydrogens (tertiary/aromatic N) is 1. The molecule has 0 amide bonds. The fourth-order valence-electron chi connectivity index (χ4n) is 6.18. The predicted octanol–water partition coefficient (Wildman–Crippen LogP) is 7.45. The van der Waals surface area contributed by atoms with Crippen LogP contribution in [0.2, 0.25) is 26.2 Å². The molecule has 2 aromatic heterocycles. The second-order valence-corrected chi connectivity index (χ2v) is 21.3. The van der Waals surface area contributed by atoms with E-state index in [9.17, 15) is 0 Å². The molecule has 0 N–H and O–H groups in total. The summed E-state index contributed by atoms with van der Waals surface area (Å²) in [4.78, 5) is 4.77. The van der Waals surface area contributed by atoms with Crippen molar-refractivity contribution in [1.82, 2.24) is 4.98 Å². The van der Waals surface area contributed by atoms with Crippen molar-refractivity contribution < 1.29 is 4.42 Å². The molecule has 0 spiro atoms. The first-order valence-electron chi connectivity index (χ1n) is 14.3. The van der Waals surface area contributed by atoms with Gasteiger partial charge >= 0.3 is 0 Å². The first kappa shape index (κ1) is 25.7. The van der Waals surface area contributed by atoms with Crippen LogP contribution in [0.25, 0.3) is 44.0 Å². The molecule has 7 rings (SSSR count). The summed E-state index contributed by atoms with van der Waals surface area (Å²) in [5.41, 5.74) is 3.89. The molecule has 5 aromatic carbocycles. The van der Waals surface area contributed by atoms with Crippen molar-refractivity contribution in [2.45, 2.75) is 26.2 Å². The van der Waals surface area contributed by atoms with Gasteiger partial charge in [-0.05, 0) is 45.2 Å². The Morgan fingerprint density at radius 3 is 1.85 bits per heavy atom. The topological polar surface area (TPSA) is 26.0 Å². The Balaban J connectivity index is 1.42. The fourth-order valence-corrected chi connectivity index (χ4v) is 10.9.